The molecule has 4 aliphatic rings. The van der Waals surface area contributed by atoms with Crippen LogP contribution in [0.25, 0.3) is 22.1 Å². The van der Waals surface area contributed by atoms with Crippen LogP contribution in [-0.4, -0.2) is 169 Å². The fourth-order valence-electron chi connectivity index (χ4n) is 10.2. The number of ether oxygens (including phenoxy) is 2. The Morgan fingerprint density at radius 2 is 1.25 bits per heavy atom. The van der Waals surface area contributed by atoms with Gasteiger partial charge in [0.15, 0.2) is 11.5 Å². The van der Waals surface area contributed by atoms with Crippen LogP contribution < -0.4 is 22.1 Å². The molecule has 4 fully saturated rings. The molecule has 0 radical (unpaired) electrons. The van der Waals surface area contributed by atoms with Crippen LogP contribution in [0.5, 0.6) is 0 Å². The van der Waals surface area contributed by atoms with Crippen LogP contribution in [0.1, 0.15) is 100 Å². The number of halogens is 4. The molecular weight excluding hydrogens is 1170 g/mol. The second-order valence-corrected chi connectivity index (χ2v) is 27.1. The van der Waals surface area contributed by atoms with E-state index in [1.165, 1.54) is 49.2 Å². The molecule has 6 aromatic rings. The Hall–Kier alpha value is -7.79. The first-order valence-electron chi connectivity index (χ1n) is 27.3. The molecule has 2 aliphatic heterocycles. The van der Waals surface area contributed by atoms with E-state index in [9.17, 15) is 28.7 Å². The van der Waals surface area contributed by atoms with Gasteiger partial charge in [-0.15, -0.1) is 5.54 Å². The van der Waals surface area contributed by atoms with Gasteiger partial charge in [-0.05, 0) is 78.6 Å². The monoisotopic (exact) mass is 1240 g/mol. The van der Waals surface area contributed by atoms with Gasteiger partial charge in [0.05, 0.1) is 90.9 Å². The van der Waals surface area contributed by atoms with E-state index in [1.54, 1.807) is 38.3 Å². The SMILES string of the molecule is C=CC(=O)N1C[C@@H](n2nc(Br)c(C(N)=O)c2NCCO)C[C@@H]1COC.C=CC(=O)N1C[C@@H](n2nc(C#Cc3c(F)cc4c(ncn4C4CC4)c3F)c(C(N)=O)c2NCCO)C[C@@H]1COC.C[Si](C)(C)C#Cc1cc2ncn(C3CC3)c2cc1F. The van der Waals surface area contributed by atoms with E-state index < -0.39 is 43.1 Å². The van der Waals surface area contributed by atoms with Crippen molar-refractivity contribution in [3.63, 3.8) is 0 Å². The minimum Gasteiger partial charge on any atom is -0.395 e. The van der Waals surface area contributed by atoms with Crippen LogP contribution in [0.4, 0.5) is 24.8 Å². The lowest BCUT2D eigenvalue weighted by atomic mass is 10.1. The average Bonchev–Trinajstić information content (AvgIpc) is 3.33. The first-order valence-corrected chi connectivity index (χ1v) is 31.6. The normalized spacial score (nSPS) is 18.2. The third-order valence-electron chi connectivity index (χ3n) is 14.4. The Labute approximate surface area is 492 Å². The van der Waals surface area contributed by atoms with Gasteiger partial charge in [0, 0.05) is 64.6 Å². The van der Waals surface area contributed by atoms with E-state index >= 15 is 8.78 Å². The average molecular weight is 1240 g/mol. The molecule has 0 bridgehead atoms. The number of carbonyl (C=O) groups excluding carboxylic acids is 4. The fraction of sp³-hybridized carbons (Fsp3) is 0.439. The molecule has 2 saturated carbocycles. The number of anilines is 2. The second-order valence-electron chi connectivity index (χ2n) is 21.6. The summed E-state index contributed by atoms with van der Waals surface area (Å²) >= 11 is 3.25. The summed E-state index contributed by atoms with van der Waals surface area (Å²) in [5.41, 5.74) is 16.4. The number of carbonyl (C=O) groups is 4. The Balaban J connectivity index is 0.000000178. The molecule has 84 heavy (non-hydrogen) atoms. The molecule has 10 rings (SSSR count). The van der Waals surface area contributed by atoms with E-state index in [0.717, 1.165) is 23.9 Å². The van der Waals surface area contributed by atoms with Crippen molar-refractivity contribution < 1.29 is 52.0 Å². The molecule has 4 atom stereocenters. The number of rotatable bonds is 18. The van der Waals surface area contributed by atoms with Crippen molar-refractivity contribution in [2.75, 3.05) is 77.5 Å². The largest absolute Gasteiger partial charge is 0.395 e. The smallest absolute Gasteiger partial charge is 0.255 e. The molecule has 2 aliphatic carbocycles. The number of nitrogens with zero attached hydrogens (tertiary/aromatic N) is 10. The highest BCUT2D eigenvalue weighted by molar-refractivity contribution is 9.10. The summed E-state index contributed by atoms with van der Waals surface area (Å²) in [5, 5.41) is 33.3. The number of methoxy groups -OCH3 is 2. The zero-order valence-corrected chi connectivity index (χ0v) is 49.9. The number of likely N-dealkylation sites (tertiary alicyclic amines) is 2. The predicted molar refractivity (Wildman–Crippen MR) is 315 cm³/mol. The van der Waals surface area contributed by atoms with Crippen LogP contribution in [0, 0.1) is 40.8 Å². The first kappa shape index (κ1) is 62.3. The molecule has 2 saturated heterocycles. The quantitative estimate of drug-likeness (QED) is 0.0348. The number of aliphatic hydroxyl groups excluding tert-OH is 2. The highest BCUT2D eigenvalue weighted by Gasteiger charge is 2.40. The number of fused-ring (bicyclic) bond motifs is 2. The van der Waals surface area contributed by atoms with Crippen molar-refractivity contribution in [3.05, 3.63) is 106 Å². The van der Waals surface area contributed by atoms with Gasteiger partial charge in [-0.25, -0.2) is 32.5 Å². The predicted octanol–water partition coefficient (Wildman–Crippen LogP) is 5.59. The standard InChI is InChI=1S/C27H29F2N7O4.C15H22BrN5O4.C15H17FN2Si/c1-3-22(38)34-12-16(10-17(34)13-40-2)36-27(31-8-9-37)23(26(30)39)20(33-36)7-6-18-19(28)11-21-25(24(18)29)32-14-35(21)15-4-5-15;1-3-11(23)20-7-9(6-10(20)8-25-2)21-15(18-4-5-22)12(14(17)24)13(16)19-21;1-19(2,3)7-6-11-8-14-15(9-13(11)16)18(10-17-14)12-4-5-12/h3,11,14-17,31,37H,1,4-5,8-10,12-13H2,2H3,(H2,30,39);3,9-10,18,22H,1,4-8H2,2H3,(H2,17,24);8-10,12H,4-5H2,1-3H3/t16-,17+;9-,10+;/m00./s1. The summed E-state index contributed by atoms with van der Waals surface area (Å²) in [6.07, 6.45) is 11.0. The molecule has 4 aromatic heterocycles. The van der Waals surface area contributed by atoms with E-state index in [-0.39, 0.29) is 109 Å². The third kappa shape index (κ3) is 13.9. The summed E-state index contributed by atoms with van der Waals surface area (Å²) in [7, 11) is 1.62. The van der Waals surface area contributed by atoms with Crippen molar-refractivity contribution in [1.82, 2.24) is 48.5 Å². The molecule has 2 aromatic carbocycles. The van der Waals surface area contributed by atoms with Crippen LogP contribution in [0.3, 0.4) is 0 Å². The molecule has 446 valence electrons. The van der Waals surface area contributed by atoms with Crippen LogP contribution in [-0.2, 0) is 19.1 Å². The summed E-state index contributed by atoms with van der Waals surface area (Å²) in [6, 6.07) is 4.26. The molecule has 0 spiro atoms. The van der Waals surface area contributed by atoms with E-state index in [1.807, 2.05) is 6.33 Å². The summed E-state index contributed by atoms with van der Waals surface area (Å²) < 4.78 is 62.2. The number of aromatic nitrogens is 8. The maximum Gasteiger partial charge on any atom is 0.255 e. The van der Waals surface area contributed by atoms with Crippen molar-refractivity contribution in [2.45, 2.75) is 94.4 Å². The van der Waals surface area contributed by atoms with E-state index in [4.69, 9.17) is 26.0 Å². The number of imidazole rings is 2. The summed E-state index contributed by atoms with van der Waals surface area (Å²) in [5.74, 6) is 4.70. The summed E-state index contributed by atoms with van der Waals surface area (Å²) in [6.45, 7) is 14.8. The minimum absolute atomic E-state index is 0.00525. The molecular formula is C57H68BrF3N14O8Si. The van der Waals surface area contributed by atoms with Gasteiger partial charge in [0.25, 0.3) is 11.8 Å². The van der Waals surface area contributed by atoms with Crippen molar-refractivity contribution in [3.8, 4) is 23.3 Å². The number of hydrogen-bond donors (Lipinski definition) is 6. The molecule has 27 heteroatoms. The molecule has 8 N–H and O–H groups in total. The van der Waals surface area contributed by atoms with Gasteiger partial charge in [0.1, 0.15) is 52.6 Å². The number of nitrogens with two attached hydrogens (primary N) is 2. The van der Waals surface area contributed by atoms with Crippen molar-refractivity contribution in [2.24, 2.45) is 11.5 Å². The maximum atomic E-state index is 15.3. The number of nitrogens with one attached hydrogen (secondary N) is 2. The van der Waals surface area contributed by atoms with Crippen molar-refractivity contribution >= 4 is 81.3 Å². The van der Waals surface area contributed by atoms with Gasteiger partial charge >= 0.3 is 0 Å². The number of hydrogen-bond acceptors (Lipinski definition) is 14. The number of primary amides is 2. The van der Waals surface area contributed by atoms with Gasteiger partial charge in [-0.2, -0.15) is 10.2 Å². The lowest BCUT2D eigenvalue weighted by Gasteiger charge is -2.22. The highest BCUT2D eigenvalue weighted by atomic mass is 79.9. The first-order chi connectivity index (χ1) is 40.2. The third-order valence-corrected chi connectivity index (χ3v) is 15.8. The minimum atomic E-state index is -1.49. The number of amides is 4. The lowest BCUT2D eigenvalue weighted by molar-refractivity contribution is -0.128. The Kier molecular flexibility index (Phi) is 19.9. The van der Waals surface area contributed by atoms with Gasteiger partial charge in [-0.3, -0.25) is 19.2 Å². The molecule has 4 amide bonds. The topological polar surface area (TPSA) is 281 Å². The zero-order valence-electron chi connectivity index (χ0n) is 47.3. The zero-order chi connectivity index (χ0) is 60.7. The number of benzene rings is 2. The van der Waals surface area contributed by atoms with Gasteiger partial charge in [0.2, 0.25) is 11.8 Å². The van der Waals surface area contributed by atoms with Crippen LogP contribution in [0.2, 0.25) is 19.6 Å². The second kappa shape index (κ2) is 26.8. The van der Waals surface area contributed by atoms with Crippen molar-refractivity contribution in [1.29, 1.82) is 0 Å². The van der Waals surface area contributed by atoms with Gasteiger partial charge < -0.3 is 60.7 Å². The summed E-state index contributed by atoms with van der Waals surface area (Å²) in [4.78, 5) is 60.6. The van der Waals surface area contributed by atoms with Crippen LogP contribution in [0.15, 0.2) is 60.8 Å². The fourth-order valence-corrected chi connectivity index (χ4v) is 11.3. The number of aliphatic hydroxyl groups is 2. The Morgan fingerprint density at radius 1 is 0.738 bits per heavy atom. The Morgan fingerprint density at radius 3 is 1.75 bits per heavy atom. The Bertz CT molecular complexity index is 3620. The van der Waals surface area contributed by atoms with E-state index in [0.29, 0.717) is 53.5 Å². The molecule has 0 unspecified atom stereocenters. The molecule has 22 nitrogen and oxygen atoms in total. The highest BCUT2D eigenvalue weighted by Crippen LogP contribution is 2.40. The maximum absolute atomic E-state index is 15.3. The van der Waals surface area contributed by atoms with E-state index in [2.05, 4.69) is 107 Å². The van der Waals surface area contributed by atoms with Gasteiger partial charge in [-0.1, -0.05) is 44.6 Å². The lowest BCUT2D eigenvalue weighted by Crippen LogP contribution is -2.37. The van der Waals surface area contributed by atoms with Crippen LogP contribution >= 0.6 is 15.9 Å². The molecule has 6 heterocycles.